The lowest BCUT2D eigenvalue weighted by Crippen LogP contribution is -2.31. The van der Waals surface area contributed by atoms with Crippen molar-refractivity contribution in [1.82, 2.24) is 0 Å². The molecule has 1 heterocycles. The van der Waals surface area contributed by atoms with Crippen LogP contribution in [0.15, 0.2) is 0 Å². The highest BCUT2D eigenvalue weighted by atomic mass is 16.5. The van der Waals surface area contributed by atoms with E-state index in [2.05, 4.69) is 13.8 Å². The summed E-state index contributed by atoms with van der Waals surface area (Å²) in [4.78, 5) is 0. The summed E-state index contributed by atoms with van der Waals surface area (Å²) in [5.41, 5.74) is 6.04. The molecule has 2 nitrogen and oxygen atoms in total. The largest absolute Gasteiger partial charge is 0.376 e. The highest BCUT2D eigenvalue weighted by Gasteiger charge is 2.33. The van der Waals surface area contributed by atoms with Crippen molar-refractivity contribution in [2.45, 2.75) is 39.3 Å². The zero-order valence-corrected chi connectivity index (χ0v) is 7.05. The number of rotatable bonds is 1. The molecule has 2 heteroatoms. The Morgan fingerprint density at radius 3 is 2.40 bits per heavy atom. The molecule has 10 heavy (non-hydrogen) atoms. The molecular formula is C8H17NO. The second-order valence-electron chi connectivity index (χ2n) is 4.08. The zero-order valence-electron chi connectivity index (χ0n) is 7.05. The van der Waals surface area contributed by atoms with Crippen LogP contribution in [-0.4, -0.2) is 18.8 Å². The fourth-order valence-corrected chi connectivity index (χ4v) is 1.33. The minimum Gasteiger partial charge on any atom is -0.376 e. The van der Waals surface area contributed by atoms with Gasteiger partial charge in [0, 0.05) is 6.04 Å². The quantitative estimate of drug-likeness (QED) is 0.597. The molecule has 1 saturated heterocycles. The van der Waals surface area contributed by atoms with Gasteiger partial charge in [-0.05, 0) is 18.8 Å². The second-order valence-corrected chi connectivity index (χ2v) is 4.08. The van der Waals surface area contributed by atoms with E-state index in [1.54, 1.807) is 0 Å². The highest BCUT2D eigenvalue weighted by Crippen LogP contribution is 2.32. The van der Waals surface area contributed by atoms with Crippen LogP contribution in [0.1, 0.15) is 27.2 Å². The Kier molecular flexibility index (Phi) is 2.02. The van der Waals surface area contributed by atoms with Crippen LogP contribution in [0.4, 0.5) is 0 Å². The van der Waals surface area contributed by atoms with E-state index in [-0.39, 0.29) is 12.1 Å². The van der Waals surface area contributed by atoms with Gasteiger partial charge in [0.1, 0.15) is 0 Å². The molecule has 0 amide bonds. The van der Waals surface area contributed by atoms with Crippen LogP contribution in [0, 0.1) is 5.41 Å². The summed E-state index contributed by atoms with van der Waals surface area (Å²) in [7, 11) is 0. The van der Waals surface area contributed by atoms with E-state index in [0.29, 0.717) is 5.41 Å². The topological polar surface area (TPSA) is 35.2 Å². The monoisotopic (exact) mass is 143 g/mol. The van der Waals surface area contributed by atoms with Gasteiger partial charge in [0.25, 0.3) is 0 Å². The van der Waals surface area contributed by atoms with Gasteiger partial charge in [0.05, 0.1) is 12.7 Å². The molecule has 2 N–H and O–H groups in total. The molecule has 1 rings (SSSR count). The Labute approximate surface area is 62.7 Å². The Morgan fingerprint density at radius 2 is 2.20 bits per heavy atom. The lowest BCUT2D eigenvalue weighted by Gasteiger charge is -2.15. The van der Waals surface area contributed by atoms with Crippen molar-refractivity contribution >= 4 is 0 Å². The Hall–Kier alpha value is -0.0800. The first kappa shape index (κ1) is 8.02. The van der Waals surface area contributed by atoms with E-state index in [0.717, 1.165) is 13.0 Å². The first-order valence-corrected chi connectivity index (χ1v) is 3.88. The summed E-state index contributed by atoms with van der Waals surface area (Å²) in [5, 5.41) is 0. The molecule has 1 fully saturated rings. The molecule has 0 bridgehead atoms. The van der Waals surface area contributed by atoms with Crippen molar-refractivity contribution in [3.05, 3.63) is 0 Å². The smallest absolute Gasteiger partial charge is 0.0729 e. The standard InChI is InChI=1S/C8H17NO/c1-6(9)7-4-8(2,3)5-10-7/h6-7H,4-5,9H2,1-3H3. The summed E-state index contributed by atoms with van der Waals surface area (Å²) in [5.74, 6) is 0. The lowest BCUT2D eigenvalue weighted by molar-refractivity contribution is 0.0858. The van der Waals surface area contributed by atoms with Crippen LogP contribution in [0.5, 0.6) is 0 Å². The fourth-order valence-electron chi connectivity index (χ4n) is 1.33. The van der Waals surface area contributed by atoms with Gasteiger partial charge in [-0.2, -0.15) is 0 Å². The molecule has 1 aliphatic heterocycles. The molecule has 0 aliphatic carbocycles. The van der Waals surface area contributed by atoms with Crippen molar-refractivity contribution in [1.29, 1.82) is 0 Å². The van der Waals surface area contributed by atoms with Gasteiger partial charge in [-0.3, -0.25) is 0 Å². The maximum atomic E-state index is 5.69. The van der Waals surface area contributed by atoms with E-state index < -0.39 is 0 Å². The van der Waals surface area contributed by atoms with E-state index in [9.17, 15) is 0 Å². The maximum absolute atomic E-state index is 5.69. The number of hydrogen-bond acceptors (Lipinski definition) is 2. The third-order valence-corrected chi connectivity index (χ3v) is 2.03. The first-order valence-electron chi connectivity index (χ1n) is 3.88. The lowest BCUT2D eigenvalue weighted by atomic mass is 9.89. The number of hydrogen-bond donors (Lipinski definition) is 1. The summed E-state index contributed by atoms with van der Waals surface area (Å²) < 4.78 is 5.50. The minimum atomic E-state index is 0.182. The zero-order chi connectivity index (χ0) is 7.78. The van der Waals surface area contributed by atoms with Gasteiger partial charge >= 0.3 is 0 Å². The average Bonchev–Trinajstić information content (AvgIpc) is 2.10. The maximum Gasteiger partial charge on any atom is 0.0729 e. The normalized spacial score (nSPS) is 34.2. The van der Waals surface area contributed by atoms with E-state index in [4.69, 9.17) is 10.5 Å². The third kappa shape index (κ3) is 1.70. The van der Waals surface area contributed by atoms with Crippen LogP contribution in [0.25, 0.3) is 0 Å². The second kappa shape index (κ2) is 2.51. The SMILES string of the molecule is CC(N)C1CC(C)(C)CO1. The van der Waals surface area contributed by atoms with Crippen LogP contribution < -0.4 is 5.73 Å². The molecule has 0 spiro atoms. The predicted octanol–water partition coefficient (Wildman–Crippen LogP) is 1.15. The Morgan fingerprint density at radius 1 is 1.60 bits per heavy atom. The molecule has 2 atom stereocenters. The number of nitrogens with two attached hydrogens (primary N) is 1. The molecule has 0 aromatic heterocycles. The van der Waals surface area contributed by atoms with Gasteiger partial charge in [-0.25, -0.2) is 0 Å². The molecular weight excluding hydrogens is 126 g/mol. The molecule has 0 saturated carbocycles. The fraction of sp³-hybridized carbons (Fsp3) is 1.00. The van der Waals surface area contributed by atoms with Crippen molar-refractivity contribution < 1.29 is 4.74 Å². The van der Waals surface area contributed by atoms with E-state index in [1.165, 1.54) is 0 Å². The summed E-state index contributed by atoms with van der Waals surface area (Å²) in [6.07, 6.45) is 1.39. The Bertz CT molecular complexity index is 120. The third-order valence-electron chi connectivity index (χ3n) is 2.03. The predicted molar refractivity (Wildman–Crippen MR) is 41.8 cm³/mol. The van der Waals surface area contributed by atoms with Gasteiger partial charge in [-0.15, -0.1) is 0 Å². The van der Waals surface area contributed by atoms with Crippen LogP contribution in [0.3, 0.4) is 0 Å². The minimum absolute atomic E-state index is 0.182. The van der Waals surface area contributed by atoms with Gasteiger partial charge < -0.3 is 10.5 Å². The van der Waals surface area contributed by atoms with Gasteiger partial charge in [0.2, 0.25) is 0 Å². The molecule has 0 aromatic carbocycles. The Balaban J connectivity index is 2.43. The van der Waals surface area contributed by atoms with E-state index in [1.807, 2.05) is 6.92 Å². The van der Waals surface area contributed by atoms with E-state index >= 15 is 0 Å². The molecule has 1 aliphatic rings. The highest BCUT2D eigenvalue weighted by molar-refractivity contribution is 4.84. The van der Waals surface area contributed by atoms with Crippen molar-refractivity contribution in [2.24, 2.45) is 11.1 Å². The summed E-state index contributed by atoms with van der Waals surface area (Å²) in [6.45, 7) is 7.30. The average molecular weight is 143 g/mol. The first-order chi connectivity index (χ1) is 4.51. The molecule has 0 radical (unpaired) electrons. The molecule has 60 valence electrons. The van der Waals surface area contributed by atoms with Crippen LogP contribution >= 0.6 is 0 Å². The molecule has 2 unspecified atom stereocenters. The van der Waals surface area contributed by atoms with Crippen molar-refractivity contribution in [3.8, 4) is 0 Å². The van der Waals surface area contributed by atoms with Crippen molar-refractivity contribution in [3.63, 3.8) is 0 Å². The van der Waals surface area contributed by atoms with Crippen molar-refractivity contribution in [2.75, 3.05) is 6.61 Å². The van der Waals surface area contributed by atoms with Crippen LogP contribution in [-0.2, 0) is 4.74 Å². The summed E-state index contributed by atoms with van der Waals surface area (Å²) in [6, 6.07) is 0.182. The number of ether oxygens (including phenoxy) is 1. The van der Waals surface area contributed by atoms with Crippen LogP contribution in [0.2, 0.25) is 0 Å². The summed E-state index contributed by atoms with van der Waals surface area (Å²) >= 11 is 0. The van der Waals surface area contributed by atoms with Gasteiger partial charge in [0.15, 0.2) is 0 Å². The molecule has 0 aromatic rings. The van der Waals surface area contributed by atoms with Gasteiger partial charge in [-0.1, -0.05) is 13.8 Å².